The summed E-state index contributed by atoms with van der Waals surface area (Å²) in [5.41, 5.74) is 2.84. The molecule has 0 radical (unpaired) electrons. The van der Waals surface area contributed by atoms with Crippen molar-refractivity contribution < 1.29 is 19.1 Å². The van der Waals surface area contributed by atoms with Crippen LogP contribution in [-0.2, 0) is 16.1 Å². The van der Waals surface area contributed by atoms with Crippen LogP contribution in [0.2, 0.25) is 0 Å². The molecular formula is C26H31N3O4. The molecule has 2 heterocycles. The summed E-state index contributed by atoms with van der Waals surface area (Å²) in [5.74, 6) is -0.401. The first-order valence-electron chi connectivity index (χ1n) is 11.4. The zero-order valence-electron chi connectivity index (χ0n) is 19.2. The lowest BCUT2D eigenvalue weighted by atomic mass is 10.1. The number of fused-ring (bicyclic) bond motifs is 1. The molecule has 0 atom stereocenters. The number of hydrogen-bond acceptors (Lipinski definition) is 5. The Labute approximate surface area is 194 Å². The van der Waals surface area contributed by atoms with E-state index in [2.05, 4.69) is 22.2 Å². The Balaban J connectivity index is 1.29. The van der Waals surface area contributed by atoms with Gasteiger partial charge in [-0.3, -0.25) is 14.5 Å². The van der Waals surface area contributed by atoms with Crippen molar-refractivity contribution >= 4 is 22.6 Å². The zero-order valence-corrected chi connectivity index (χ0v) is 19.2. The largest absolute Gasteiger partial charge is 0.492 e. The van der Waals surface area contributed by atoms with Gasteiger partial charge in [0.25, 0.3) is 11.7 Å². The molecule has 7 nitrogen and oxygen atoms in total. The number of carbonyl (C=O) groups excluding carboxylic acids is 2. The number of carbonyl (C=O) groups is 2. The van der Waals surface area contributed by atoms with Crippen LogP contribution in [0.15, 0.2) is 48.5 Å². The summed E-state index contributed by atoms with van der Waals surface area (Å²) < 4.78 is 11.4. The van der Waals surface area contributed by atoms with Crippen molar-refractivity contribution in [3.63, 3.8) is 0 Å². The van der Waals surface area contributed by atoms with Gasteiger partial charge in [0, 0.05) is 48.9 Å². The number of hydrogen-bond donors (Lipinski definition) is 2. The van der Waals surface area contributed by atoms with Crippen LogP contribution in [0, 0.1) is 6.92 Å². The van der Waals surface area contributed by atoms with Crippen molar-refractivity contribution in [3.8, 4) is 5.75 Å². The van der Waals surface area contributed by atoms with E-state index in [4.69, 9.17) is 9.47 Å². The first-order chi connectivity index (χ1) is 16.0. The van der Waals surface area contributed by atoms with Crippen molar-refractivity contribution in [1.29, 1.82) is 0 Å². The van der Waals surface area contributed by atoms with Gasteiger partial charge in [-0.1, -0.05) is 30.3 Å². The van der Waals surface area contributed by atoms with E-state index in [9.17, 15) is 9.59 Å². The third kappa shape index (κ3) is 5.61. The minimum Gasteiger partial charge on any atom is -0.492 e. The fourth-order valence-corrected chi connectivity index (χ4v) is 4.31. The molecule has 33 heavy (non-hydrogen) atoms. The van der Waals surface area contributed by atoms with Crippen LogP contribution in [0.4, 0.5) is 0 Å². The second kappa shape index (κ2) is 10.6. The van der Waals surface area contributed by atoms with Crippen molar-refractivity contribution in [2.45, 2.75) is 32.4 Å². The zero-order chi connectivity index (χ0) is 23.2. The molecule has 0 unspecified atom stereocenters. The normalized spacial score (nSPS) is 14.5. The molecule has 0 bridgehead atoms. The standard InChI is InChI=1S/C26H31N3O4/c1-18-24(22-8-3-4-9-23(22)28-18)25(30)26(31)27-17-19-6-5-7-21(16-19)33-15-12-29(2)20-10-13-32-14-11-20/h3-9,16,20,28H,10-15,17H2,1-2H3,(H,27,31). The van der Waals surface area contributed by atoms with Crippen molar-refractivity contribution in [2.24, 2.45) is 0 Å². The monoisotopic (exact) mass is 449 g/mol. The predicted molar refractivity (Wildman–Crippen MR) is 128 cm³/mol. The molecule has 1 aliphatic rings. The number of amides is 1. The van der Waals surface area contributed by atoms with Crippen molar-refractivity contribution in [1.82, 2.24) is 15.2 Å². The van der Waals surface area contributed by atoms with Gasteiger partial charge in [0.15, 0.2) is 0 Å². The number of ether oxygens (including phenoxy) is 2. The second-order valence-corrected chi connectivity index (χ2v) is 8.50. The number of nitrogens with one attached hydrogen (secondary N) is 2. The predicted octanol–water partition coefficient (Wildman–Crippen LogP) is 3.47. The minimum atomic E-state index is -0.618. The van der Waals surface area contributed by atoms with E-state index < -0.39 is 11.7 Å². The average molecular weight is 450 g/mol. The number of ketones is 1. The SMILES string of the molecule is Cc1[nH]c2ccccc2c1C(=O)C(=O)NCc1cccc(OCCN(C)C2CCOCC2)c1. The number of rotatable bonds is 9. The topological polar surface area (TPSA) is 83.7 Å². The average Bonchev–Trinajstić information content (AvgIpc) is 3.18. The Morgan fingerprint density at radius 2 is 1.94 bits per heavy atom. The number of aromatic nitrogens is 1. The molecular weight excluding hydrogens is 418 g/mol. The first-order valence-corrected chi connectivity index (χ1v) is 11.4. The fourth-order valence-electron chi connectivity index (χ4n) is 4.31. The Morgan fingerprint density at radius 1 is 1.15 bits per heavy atom. The van der Waals surface area contributed by atoms with Gasteiger partial charge in [0.1, 0.15) is 12.4 Å². The first kappa shape index (κ1) is 23.0. The Bertz CT molecular complexity index is 1120. The van der Waals surface area contributed by atoms with Crippen molar-refractivity contribution in [3.05, 3.63) is 65.4 Å². The molecule has 2 N–H and O–H groups in total. The van der Waals surface area contributed by atoms with Gasteiger partial charge >= 0.3 is 0 Å². The van der Waals surface area contributed by atoms with Crippen LogP contribution in [0.5, 0.6) is 5.75 Å². The third-order valence-corrected chi connectivity index (χ3v) is 6.21. The van der Waals surface area contributed by atoms with Gasteiger partial charge in [-0.2, -0.15) is 0 Å². The number of aryl methyl sites for hydroxylation is 1. The Hall–Kier alpha value is -3.16. The molecule has 0 saturated carbocycles. The summed E-state index contributed by atoms with van der Waals surface area (Å²) in [4.78, 5) is 30.9. The molecule has 1 amide bonds. The van der Waals surface area contributed by atoms with Crippen LogP contribution >= 0.6 is 0 Å². The number of aromatic amines is 1. The van der Waals surface area contributed by atoms with Crippen LogP contribution < -0.4 is 10.1 Å². The molecule has 2 aromatic carbocycles. The highest BCUT2D eigenvalue weighted by Crippen LogP contribution is 2.22. The molecule has 3 aromatic rings. The molecule has 1 aliphatic heterocycles. The van der Waals surface area contributed by atoms with Crippen LogP contribution in [-0.4, -0.2) is 61.0 Å². The summed E-state index contributed by atoms with van der Waals surface area (Å²) in [7, 11) is 2.12. The van der Waals surface area contributed by atoms with E-state index in [0.29, 0.717) is 23.9 Å². The summed E-state index contributed by atoms with van der Waals surface area (Å²) >= 11 is 0. The molecule has 1 aromatic heterocycles. The number of likely N-dealkylation sites (N-methyl/N-ethyl adjacent to an activating group) is 1. The maximum Gasteiger partial charge on any atom is 0.292 e. The van der Waals surface area contributed by atoms with E-state index in [1.165, 1.54) is 0 Å². The van der Waals surface area contributed by atoms with Crippen LogP contribution in [0.1, 0.15) is 34.5 Å². The summed E-state index contributed by atoms with van der Waals surface area (Å²) in [6.45, 7) is 5.13. The fraction of sp³-hybridized carbons (Fsp3) is 0.385. The van der Waals surface area contributed by atoms with E-state index >= 15 is 0 Å². The highest BCUT2D eigenvalue weighted by atomic mass is 16.5. The van der Waals surface area contributed by atoms with E-state index in [0.717, 1.165) is 54.8 Å². The highest BCUT2D eigenvalue weighted by molar-refractivity contribution is 6.45. The molecule has 1 saturated heterocycles. The maximum absolute atomic E-state index is 12.8. The van der Waals surface area contributed by atoms with Gasteiger partial charge in [-0.25, -0.2) is 0 Å². The molecule has 174 valence electrons. The lowest BCUT2D eigenvalue weighted by molar-refractivity contribution is -0.117. The number of H-pyrrole nitrogens is 1. The van der Waals surface area contributed by atoms with Gasteiger partial charge in [-0.15, -0.1) is 0 Å². The van der Waals surface area contributed by atoms with Gasteiger partial charge < -0.3 is 19.8 Å². The summed E-state index contributed by atoms with van der Waals surface area (Å²) in [6, 6.07) is 15.6. The summed E-state index contributed by atoms with van der Waals surface area (Å²) in [6.07, 6.45) is 2.12. The Morgan fingerprint density at radius 3 is 2.76 bits per heavy atom. The third-order valence-electron chi connectivity index (χ3n) is 6.21. The van der Waals surface area contributed by atoms with E-state index in [1.807, 2.05) is 48.5 Å². The molecule has 7 heteroatoms. The quantitative estimate of drug-likeness (QED) is 0.386. The minimum absolute atomic E-state index is 0.255. The van der Waals surface area contributed by atoms with Gasteiger partial charge in [0.2, 0.25) is 0 Å². The lowest BCUT2D eigenvalue weighted by Gasteiger charge is -2.31. The van der Waals surface area contributed by atoms with Crippen LogP contribution in [0.3, 0.4) is 0 Å². The number of nitrogens with zero attached hydrogens (tertiary/aromatic N) is 1. The van der Waals surface area contributed by atoms with Crippen LogP contribution in [0.25, 0.3) is 10.9 Å². The van der Waals surface area contributed by atoms with E-state index in [1.54, 1.807) is 6.92 Å². The number of Topliss-reactive ketones (excluding diaryl/α,β-unsaturated/α-hetero) is 1. The van der Waals surface area contributed by atoms with Gasteiger partial charge in [0.05, 0.1) is 5.56 Å². The summed E-state index contributed by atoms with van der Waals surface area (Å²) in [5, 5.41) is 3.51. The smallest absolute Gasteiger partial charge is 0.292 e. The highest BCUT2D eigenvalue weighted by Gasteiger charge is 2.22. The lowest BCUT2D eigenvalue weighted by Crippen LogP contribution is -2.38. The second-order valence-electron chi connectivity index (χ2n) is 8.50. The maximum atomic E-state index is 12.8. The van der Waals surface area contributed by atoms with Gasteiger partial charge in [-0.05, 0) is 50.6 Å². The Kier molecular flexibility index (Phi) is 7.42. The van der Waals surface area contributed by atoms with Crippen molar-refractivity contribution in [2.75, 3.05) is 33.4 Å². The number of benzene rings is 2. The molecule has 4 rings (SSSR count). The number of para-hydroxylation sites is 1. The molecule has 0 aliphatic carbocycles. The molecule has 0 spiro atoms. The molecule has 1 fully saturated rings. The van der Waals surface area contributed by atoms with E-state index in [-0.39, 0.29) is 6.54 Å².